The van der Waals surface area contributed by atoms with Crippen LogP contribution in [0.3, 0.4) is 0 Å². The molecule has 0 fully saturated rings. The summed E-state index contributed by atoms with van der Waals surface area (Å²) in [5.74, 6) is 0.999. The summed E-state index contributed by atoms with van der Waals surface area (Å²) in [6, 6.07) is 23.2. The molecule has 1 heterocycles. The molecule has 0 atom stereocenters. The van der Waals surface area contributed by atoms with Crippen LogP contribution in [-0.2, 0) is 6.61 Å². The molecule has 3 heteroatoms. The van der Waals surface area contributed by atoms with Crippen molar-refractivity contribution in [1.29, 1.82) is 0 Å². The van der Waals surface area contributed by atoms with Gasteiger partial charge in [0.1, 0.15) is 17.9 Å². The first-order valence-corrected chi connectivity index (χ1v) is 8.93. The van der Waals surface area contributed by atoms with Crippen LogP contribution in [0.1, 0.15) is 32.8 Å². The summed E-state index contributed by atoms with van der Waals surface area (Å²) < 4.78 is 11.8. The van der Waals surface area contributed by atoms with Crippen molar-refractivity contribution < 1.29 is 13.9 Å². The first-order chi connectivity index (χ1) is 13.1. The summed E-state index contributed by atoms with van der Waals surface area (Å²) >= 11 is 0. The minimum Gasteiger partial charge on any atom is -0.489 e. The largest absolute Gasteiger partial charge is 0.489 e. The van der Waals surface area contributed by atoms with Gasteiger partial charge in [0.05, 0.1) is 0 Å². The minimum atomic E-state index is -0.101. The van der Waals surface area contributed by atoms with E-state index in [-0.39, 0.29) is 5.78 Å². The fourth-order valence-electron chi connectivity index (χ4n) is 3.09. The normalized spacial score (nSPS) is 10.9. The molecular formula is C24H20O3. The number of carbonyl (C=O) groups excluding carboxylic acids is 1. The zero-order valence-corrected chi connectivity index (χ0v) is 15.4. The van der Waals surface area contributed by atoms with Crippen molar-refractivity contribution in [3.05, 3.63) is 101 Å². The molecule has 0 amide bonds. The van der Waals surface area contributed by atoms with Crippen LogP contribution in [0.15, 0.2) is 77.2 Å². The van der Waals surface area contributed by atoms with Crippen molar-refractivity contribution in [1.82, 2.24) is 0 Å². The quantitative estimate of drug-likeness (QED) is 0.420. The van der Waals surface area contributed by atoms with E-state index in [1.54, 1.807) is 0 Å². The maximum atomic E-state index is 12.8. The zero-order chi connectivity index (χ0) is 18.8. The first kappa shape index (κ1) is 17.1. The summed E-state index contributed by atoms with van der Waals surface area (Å²) in [6.45, 7) is 4.40. The van der Waals surface area contributed by atoms with Crippen LogP contribution < -0.4 is 4.74 Å². The number of hydrogen-bond donors (Lipinski definition) is 0. The molecular weight excluding hydrogens is 336 g/mol. The highest BCUT2D eigenvalue weighted by molar-refractivity contribution is 6.10. The highest BCUT2D eigenvalue weighted by Crippen LogP contribution is 2.30. The smallest absolute Gasteiger partial charge is 0.228 e. The van der Waals surface area contributed by atoms with Gasteiger partial charge >= 0.3 is 0 Å². The zero-order valence-electron chi connectivity index (χ0n) is 15.4. The third-order valence-corrected chi connectivity index (χ3v) is 4.68. The van der Waals surface area contributed by atoms with E-state index in [0.29, 0.717) is 23.5 Å². The number of hydrogen-bond acceptors (Lipinski definition) is 3. The molecule has 0 saturated heterocycles. The van der Waals surface area contributed by atoms with Gasteiger partial charge in [-0.05, 0) is 31.5 Å². The highest BCUT2D eigenvalue weighted by Gasteiger charge is 2.19. The number of fused-ring (bicyclic) bond motifs is 1. The topological polar surface area (TPSA) is 39.4 Å². The second-order valence-corrected chi connectivity index (χ2v) is 6.68. The van der Waals surface area contributed by atoms with Crippen molar-refractivity contribution >= 4 is 16.8 Å². The van der Waals surface area contributed by atoms with Crippen LogP contribution in [-0.4, -0.2) is 5.78 Å². The van der Waals surface area contributed by atoms with Crippen molar-refractivity contribution in [2.24, 2.45) is 0 Å². The number of ketones is 1. The van der Waals surface area contributed by atoms with E-state index in [2.05, 4.69) is 0 Å². The van der Waals surface area contributed by atoms with E-state index in [0.717, 1.165) is 27.8 Å². The molecule has 0 saturated carbocycles. The number of carbonyl (C=O) groups is 1. The Kier molecular flexibility index (Phi) is 4.51. The van der Waals surface area contributed by atoms with Crippen molar-refractivity contribution in [2.75, 3.05) is 0 Å². The van der Waals surface area contributed by atoms with Gasteiger partial charge in [-0.1, -0.05) is 60.2 Å². The number of ether oxygens (including phenoxy) is 1. The van der Waals surface area contributed by atoms with Crippen molar-refractivity contribution in [2.45, 2.75) is 20.5 Å². The second kappa shape index (κ2) is 7.12. The Morgan fingerprint density at radius 1 is 0.926 bits per heavy atom. The second-order valence-electron chi connectivity index (χ2n) is 6.68. The average Bonchev–Trinajstić information content (AvgIpc) is 3.03. The van der Waals surface area contributed by atoms with Crippen LogP contribution >= 0.6 is 0 Å². The maximum Gasteiger partial charge on any atom is 0.228 e. The minimum absolute atomic E-state index is 0.101. The molecule has 0 spiro atoms. The number of rotatable bonds is 5. The molecule has 0 aliphatic heterocycles. The third-order valence-electron chi connectivity index (χ3n) is 4.68. The van der Waals surface area contributed by atoms with Crippen molar-refractivity contribution in [3.63, 3.8) is 0 Å². The molecule has 0 unspecified atom stereocenters. The number of benzene rings is 3. The Balaban J connectivity index is 1.61. The molecule has 0 radical (unpaired) electrons. The van der Waals surface area contributed by atoms with Gasteiger partial charge in [0.25, 0.3) is 0 Å². The molecule has 3 aromatic carbocycles. The summed E-state index contributed by atoms with van der Waals surface area (Å²) in [5.41, 5.74) is 4.36. The predicted molar refractivity (Wildman–Crippen MR) is 106 cm³/mol. The molecule has 27 heavy (non-hydrogen) atoms. The highest BCUT2D eigenvalue weighted by atomic mass is 16.5. The molecule has 4 rings (SSSR count). The van der Waals surface area contributed by atoms with Crippen LogP contribution in [0.4, 0.5) is 0 Å². The molecule has 1 aromatic heterocycles. The maximum absolute atomic E-state index is 12.8. The molecule has 134 valence electrons. The molecule has 0 N–H and O–H groups in total. The van der Waals surface area contributed by atoms with Crippen LogP contribution in [0, 0.1) is 13.8 Å². The number of furan rings is 1. The summed E-state index contributed by atoms with van der Waals surface area (Å²) in [7, 11) is 0. The van der Waals surface area contributed by atoms with E-state index < -0.39 is 0 Å². The van der Waals surface area contributed by atoms with Crippen molar-refractivity contribution in [3.8, 4) is 5.75 Å². The summed E-state index contributed by atoms with van der Waals surface area (Å²) in [4.78, 5) is 12.8. The van der Waals surface area contributed by atoms with Gasteiger partial charge in [0.15, 0.2) is 5.76 Å². The lowest BCUT2D eigenvalue weighted by Gasteiger charge is -2.05. The molecule has 0 bridgehead atoms. The van der Waals surface area contributed by atoms with E-state index in [1.165, 1.54) is 0 Å². The van der Waals surface area contributed by atoms with Gasteiger partial charge in [-0.2, -0.15) is 0 Å². The summed E-state index contributed by atoms with van der Waals surface area (Å²) in [5, 5.41) is 0.928. The molecule has 4 aromatic rings. The van der Waals surface area contributed by atoms with E-state index in [4.69, 9.17) is 9.15 Å². The lowest BCUT2D eigenvalue weighted by molar-refractivity contribution is 0.101. The third kappa shape index (κ3) is 3.49. The van der Waals surface area contributed by atoms with Crippen LogP contribution in [0.2, 0.25) is 0 Å². The Morgan fingerprint density at radius 2 is 1.67 bits per heavy atom. The SMILES string of the molecule is Cc1ccc(C(=O)c2oc3cc(OCc4ccccc4)ccc3c2C)cc1. The predicted octanol–water partition coefficient (Wildman–Crippen LogP) is 5.86. The van der Waals surface area contributed by atoms with Gasteiger partial charge in [0, 0.05) is 22.6 Å². The lowest BCUT2D eigenvalue weighted by atomic mass is 10.0. The first-order valence-electron chi connectivity index (χ1n) is 8.93. The van der Waals surface area contributed by atoms with E-state index in [9.17, 15) is 4.79 Å². The van der Waals surface area contributed by atoms with Gasteiger partial charge in [-0.3, -0.25) is 4.79 Å². The fraction of sp³-hybridized carbons (Fsp3) is 0.125. The summed E-state index contributed by atoms with van der Waals surface area (Å²) in [6.07, 6.45) is 0. The van der Waals surface area contributed by atoms with E-state index in [1.807, 2.05) is 86.6 Å². The Labute approximate surface area is 158 Å². The van der Waals surface area contributed by atoms with Gasteiger partial charge in [-0.25, -0.2) is 0 Å². The lowest BCUT2D eigenvalue weighted by Crippen LogP contribution is -2.01. The van der Waals surface area contributed by atoms with Crippen LogP contribution in [0.5, 0.6) is 5.75 Å². The fourth-order valence-corrected chi connectivity index (χ4v) is 3.09. The Hall–Kier alpha value is -3.33. The molecule has 0 aliphatic rings. The number of aryl methyl sites for hydroxylation is 2. The molecule has 3 nitrogen and oxygen atoms in total. The van der Waals surface area contributed by atoms with Gasteiger partial charge < -0.3 is 9.15 Å². The van der Waals surface area contributed by atoms with Gasteiger partial charge in [-0.15, -0.1) is 0 Å². The standard InChI is InChI=1S/C24H20O3/c1-16-8-10-19(11-9-16)23(25)24-17(2)21-13-12-20(14-22(21)27-24)26-15-18-6-4-3-5-7-18/h3-14H,15H2,1-2H3. The van der Waals surface area contributed by atoms with Gasteiger partial charge in [0.2, 0.25) is 5.78 Å². The Bertz CT molecular complexity index is 1090. The average molecular weight is 356 g/mol. The van der Waals surface area contributed by atoms with E-state index >= 15 is 0 Å². The Morgan fingerprint density at radius 3 is 2.41 bits per heavy atom. The monoisotopic (exact) mass is 356 g/mol. The van der Waals surface area contributed by atoms with Crippen LogP contribution in [0.25, 0.3) is 11.0 Å². The molecule has 0 aliphatic carbocycles.